The number of nitrogens with one attached hydrogen (secondary N) is 1. The number of rotatable bonds is 5. The van der Waals surface area contributed by atoms with E-state index in [1.165, 1.54) is 6.42 Å². The van der Waals surface area contributed by atoms with Gasteiger partial charge in [0.05, 0.1) is 13.2 Å². The van der Waals surface area contributed by atoms with Gasteiger partial charge in [-0.15, -0.1) is 0 Å². The molecule has 0 amide bonds. The van der Waals surface area contributed by atoms with Crippen molar-refractivity contribution >= 4 is 17.5 Å². The summed E-state index contributed by atoms with van der Waals surface area (Å²) >= 11 is 0. The molecule has 9 nitrogen and oxygen atoms in total. The molecule has 0 aromatic carbocycles. The predicted molar refractivity (Wildman–Crippen MR) is 82.4 cm³/mol. The quantitative estimate of drug-likeness (QED) is 0.613. The highest BCUT2D eigenvalue weighted by molar-refractivity contribution is 5.71. The Kier molecular flexibility index (Phi) is 4.46. The molecule has 2 aliphatic heterocycles. The van der Waals surface area contributed by atoms with E-state index >= 15 is 0 Å². The lowest BCUT2D eigenvalue weighted by atomic mass is 10.2. The zero-order valence-corrected chi connectivity index (χ0v) is 12.5. The largest absolute Gasteiger partial charge is 0.394 e. The number of aliphatic hydroxyl groups is 1. The molecule has 0 aliphatic carbocycles. The van der Waals surface area contributed by atoms with Crippen molar-refractivity contribution in [2.75, 3.05) is 55.3 Å². The lowest BCUT2D eigenvalue weighted by molar-refractivity contribution is 0.0911. The van der Waals surface area contributed by atoms with Crippen LogP contribution in [0.25, 0.3) is 0 Å². The topological polar surface area (TPSA) is 111 Å². The summed E-state index contributed by atoms with van der Waals surface area (Å²) in [5, 5.41) is 13.0. The van der Waals surface area contributed by atoms with Crippen molar-refractivity contribution < 1.29 is 9.84 Å². The van der Waals surface area contributed by atoms with Crippen LogP contribution in [0.1, 0.15) is 19.3 Å². The van der Waals surface area contributed by atoms with E-state index < -0.39 is 0 Å². The van der Waals surface area contributed by atoms with Gasteiger partial charge >= 0.3 is 0 Å². The van der Waals surface area contributed by atoms with Crippen molar-refractivity contribution in [2.45, 2.75) is 19.3 Å². The van der Waals surface area contributed by atoms with E-state index in [0.717, 1.165) is 25.9 Å². The second-order valence-corrected chi connectivity index (χ2v) is 5.48. The number of aromatic nitrogens is 2. The Morgan fingerprint density at radius 1 is 1.32 bits per heavy atom. The van der Waals surface area contributed by atoms with Crippen LogP contribution in [0.5, 0.6) is 0 Å². The Morgan fingerprint density at radius 2 is 2.09 bits per heavy atom. The van der Waals surface area contributed by atoms with Crippen molar-refractivity contribution in [3.63, 3.8) is 0 Å². The minimum atomic E-state index is -0.238. The predicted octanol–water partition coefficient (Wildman–Crippen LogP) is -0.697. The lowest BCUT2D eigenvalue weighted by Crippen LogP contribution is -2.48. The first-order valence-electron chi connectivity index (χ1n) is 7.56. The van der Waals surface area contributed by atoms with Gasteiger partial charge < -0.3 is 20.5 Å². The summed E-state index contributed by atoms with van der Waals surface area (Å²) in [5.74, 6) is 0.626. The van der Waals surface area contributed by atoms with Crippen LogP contribution in [-0.2, 0) is 4.74 Å². The zero-order chi connectivity index (χ0) is 15.5. The summed E-state index contributed by atoms with van der Waals surface area (Å²) in [7, 11) is 0. The number of nitrogens with zero attached hydrogens (tertiary/aromatic N) is 4. The smallest absolute Gasteiger partial charge is 0.279 e. The molecule has 2 aliphatic rings. The fourth-order valence-electron chi connectivity index (χ4n) is 2.92. The first kappa shape index (κ1) is 15.1. The number of fused-ring (bicyclic) bond motifs is 1. The van der Waals surface area contributed by atoms with E-state index in [4.69, 9.17) is 15.6 Å². The highest BCUT2D eigenvalue weighted by Gasteiger charge is 2.34. The normalized spacial score (nSPS) is 18.8. The van der Waals surface area contributed by atoms with Crippen LogP contribution in [0.4, 0.5) is 17.5 Å². The van der Waals surface area contributed by atoms with Crippen LogP contribution < -0.4 is 21.2 Å². The number of nitrogen functional groups attached to an aromatic ring is 1. The molecule has 0 unspecified atom stereocenters. The van der Waals surface area contributed by atoms with E-state index in [0.29, 0.717) is 18.2 Å². The third kappa shape index (κ3) is 2.87. The van der Waals surface area contributed by atoms with Gasteiger partial charge in [0, 0.05) is 13.1 Å². The molecule has 1 aromatic heterocycles. The number of aliphatic hydroxyl groups excluding tert-OH is 1. The number of hydrogen-bond donors (Lipinski definition) is 3. The van der Waals surface area contributed by atoms with E-state index in [1.807, 2.05) is 9.91 Å². The minimum Gasteiger partial charge on any atom is -0.394 e. The van der Waals surface area contributed by atoms with Gasteiger partial charge in [0.25, 0.3) is 5.56 Å². The van der Waals surface area contributed by atoms with Crippen LogP contribution >= 0.6 is 0 Å². The van der Waals surface area contributed by atoms with Gasteiger partial charge in [0.1, 0.15) is 13.4 Å². The van der Waals surface area contributed by atoms with E-state index in [9.17, 15) is 4.79 Å². The second-order valence-electron chi connectivity index (χ2n) is 5.48. The van der Waals surface area contributed by atoms with Gasteiger partial charge in [0.2, 0.25) is 5.95 Å². The Labute approximate surface area is 128 Å². The number of hydrogen-bond acceptors (Lipinski definition) is 8. The maximum Gasteiger partial charge on any atom is 0.279 e. The molecule has 3 rings (SSSR count). The van der Waals surface area contributed by atoms with Crippen molar-refractivity contribution in [1.82, 2.24) is 15.0 Å². The van der Waals surface area contributed by atoms with Gasteiger partial charge in [-0.05, 0) is 12.8 Å². The van der Waals surface area contributed by atoms with Crippen LogP contribution in [0.15, 0.2) is 4.79 Å². The molecule has 0 spiro atoms. The number of piperidine rings is 1. The SMILES string of the molecule is Nc1nc2c(c(=O)[nH]1)N(N1CCCCC1)CN2COCCO. The molecule has 122 valence electrons. The van der Waals surface area contributed by atoms with E-state index in [2.05, 4.69) is 15.0 Å². The average Bonchev–Trinajstić information content (AvgIpc) is 2.87. The molecule has 0 saturated carbocycles. The van der Waals surface area contributed by atoms with Gasteiger partial charge in [0.15, 0.2) is 11.5 Å². The molecule has 22 heavy (non-hydrogen) atoms. The summed E-state index contributed by atoms with van der Waals surface area (Å²) in [6.07, 6.45) is 3.46. The van der Waals surface area contributed by atoms with Crippen molar-refractivity contribution in [1.29, 1.82) is 0 Å². The standard InChI is InChI=1S/C13H22N6O3/c14-13-15-11-10(12(21)16-13)19(18-4-2-1-3-5-18)8-17(11)9-22-7-6-20/h20H,1-9H2,(H3,14,15,16,21). The van der Waals surface area contributed by atoms with E-state index in [1.54, 1.807) is 0 Å². The Hall–Kier alpha value is -1.84. The number of anilines is 3. The molecule has 1 aromatic rings. The second kappa shape index (κ2) is 6.51. The molecule has 1 saturated heterocycles. The average molecular weight is 310 g/mol. The zero-order valence-electron chi connectivity index (χ0n) is 12.5. The van der Waals surface area contributed by atoms with Crippen LogP contribution in [-0.4, -0.2) is 59.8 Å². The third-order valence-electron chi connectivity index (χ3n) is 3.91. The highest BCUT2D eigenvalue weighted by Crippen LogP contribution is 2.32. The first-order valence-corrected chi connectivity index (χ1v) is 7.56. The lowest BCUT2D eigenvalue weighted by Gasteiger charge is -2.35. The minimum absolute atomic E-state index is 0.0402. The molecule has 3 heterocycles. The van der Waals surface area contributed by atoms with Gasteiger partial charge in [-0.3, -0.25) is 14.8 Å². The maximum absolute atomic E-state index is 12.3. The Bertz CT molecular complexity index is 571. The van der Waals surface area contributed by atoms with Crippen LogP contribution in [0.3, 0.4) is 0 Å². The molecular weight excluding hydrogens is 288 g/mol. The van der Waals surface area contributed by atoms with Crippen molar-refractivity contribution in [3.8, 4) is 0 Å². The highest BCUT2D eigenvalue weighted by atomic mass is 16.5. The first-order chi connectivity index (χ1) is 10.7. The summed E-state index contributed by atoms with van der Waals surface area (Å²) in [6, 6.07) is 0. The summed E-state index contributed by atoms with van der Waals surface area (Å²) in [4.78, 5) is 21.0. The monoisotopic (exact) mass is 310 g/mol. The number of nitrogens with two attached hydrogens (primary N) is 1. The Morgan fingerprint density at radius 3 is 2.82 bits per heavy atom. The molecular formula is C13H22N6O3. The fraction of sp³-hybridized carbons (Fsp3) is 0.692. The third-order valence-corrected chi connectivity index (χ3v) is 3.91. The summed E-state index contributed by atoms with van der Waals surface area (Å²) < 4.78 is 5.38. The number of aromatic amines is 1. The summed E-state index contributed by atoms with van der Waals surface area (Å²) in [5.41, 5.74) is 5.95. The number of ether oxygens (including phenoxy) is 1. The number of hydrazine groups is 1. The molecule has 1 fully saturated rings. The van der Waals surface area contributed by atoms with E-state index in [-0.39, 0.29) is 31.5 Å². The molecule has 0 bridgehead atoms. The van der Waals surface area contributed by atoms with Crippen LogP contribution in [0.2, 0.25) is 0 Å². The molecule has 0 radical (unpaired) electrons. The molecule has 9 heteroatoms. The van der Waals surface area contributed by atoms with Crippen molar-refractivity contribution in [3.05, 3.63) is 10.4 Å². The molecule has 4 N–H and O–H groups in total. The summed E-state index contributed by atoms with van der Waals surface area (Å²) in [6.45, 7) is 2.81. The van der Waals surface area contributed by atoms with Gasteiger partial charge in [-0.25, -0.2) is 5.01 Å². The van der Waals surface area contributed by atoms with Crippen molar-refractivity contribution in [2.24, 2.45) is 0 Å². The maximum atomic E-state index is 12.3. The molecule has 0 atom stereocenters. The van der Waals surface area contributed by atoms with Gasteiger partial charge in [-0.1, -0.05) is 6.42 Å². The fourth-order valence-corrected chi connectivity index (χ4v) is 2.92. The van der Waals surface area contributed by atoms with Gasteiger partial charge in [-0.2, -0.15) is 4.98 Å². The van der Waals surface area contributed by atoms with Crippen LogP contribution in [0, 0.1) is 0 Å². The number of H-pyrrole nitrogens is 1. The Balaban J connectivity index is 1.87.